The third-order valence-electron chi connectivity index (χ3n) is 9.11. The highest BCUT2D eigenvalue weighted by molar-refractivity contribution is 6.22. The summed E-state index contributed by atoms with van der Waals surface area (Å²) in [5, 5.41) is 7.95. The molecule has 10 rings (SSSR count). The van der Waals surface area contributed by atoms with Gasteiger partial charge in [0.2, 0.25) is 5.71 Å². The summed E-state index contributed by atoms with van der Waals surface area (Å²) in [5.74, 6) is 0. The highest BCUT2D eigenvalue weighted by Crippen LogP contribution is 2.42. The molecule has 7 aromatic carbocycles. The first-order chi connectivity index (χ1) is 22.8. The first-order valence-electron chi connectivity index (χ1n) is 15.4. The molecule has 0 atom stereocenters. The summed E-state index contributed by atoms with van der Waals surface area (Å²) in [7, 11) is 0. The van der Waals surface area contributed by atoms with Crippen LogP contribution in [0, 0.1) is 0 Å². The van der Waals surface area contributed by atoms with E-state index in [1.165, 1.54) is 10.8 Å². The van der Waals surface area contributed by atoms with E-state index in [2.05, 4.69) is 114 Å². The Bertz CT molecular complexity index is 2820. The van der Waals surface area contributed by atoms with Gasteiger partial charge in [-0.1, -0.05) is 109 Å². The molecule has 10 aromatic rings. The molecule has 0 unspecified atom stereocenters. The Morgan fingerprint density at radius 1 is 0.457 bits per heavy atom. The highest BCUT2D eigenvalue weighted by atomic mass is 16.3. The van der Waals surface area contributed by atoms with Crippen molar-refractivity contribution in [1.29, 1.82) is 0 Å². The second-order valence-corrected chi connectivity index (χ2v) is 11.8. The summed E-state index contributed by atoms with van der Waals surface area (Å²) in [6.45, 7) is 0. The zero-order valence-corrected chi connectivity index (χ0v) is 24.6. The Morgan fingerprint density at radius 2 is 1.13 bits per heavy atom. The quantitative estimate of drug-likeness (QED) is 0.206. The van der Waals surface area contributed by atoms with Gasteiger partial charge in [0.25, 0.3) is 0 Å². The van der Waals surface area contributed by atoms with Crippen LogP contribution in [0.2, 0.25) is 0 Å². The number of fused-ring (bicyclic) bond motifs is 10. The first kappa shape index (κ1) is 25.1. The number of benzene rings is 7. The predicted molar refractivity (Wildman–Crippen MR) is 188 cm³/mol. The van der Waals surface area contributed by atoms with Gasteiger partial charge < -0.3 is 8.83 Å². The molecule has 3 heterocycles. The largest absolute Gasteiger partial charge is 0.455 e. The molecular formula is C42H24N2O2. The maximum atomic E-state index is 6.53. The van der Waals surface area contributed by atoms with E-state index in [9.17, 15) is 0 Å². The molecule has 214 valence electrons. The molecule has 0 aliphatic heterocycles. The molecule has 0 saturated carbocycles. The molecule has 0 fully saturated rings. The van der Waals surface area contributed by atoms with Gasteiger partial charge in [-0.15, -0.1) is 0 Å². The molecule has 46 heavy (non-hydrogen) atoms. The molecule has 0 N–H and O–H groups in total. The van der Waals surface area contributed by atoms with Crippen molar-refractivity contribution >= 4 is 65.7 Å². The minimum absolute atomic E-state index is 0.547. The van der Waals surface area contributed by atoms with Gasteiger partial charge in [0.05, 0.1) is 17.3 Å². The normalized spacial score (nSPS) is 11.9. The molecule has 0 radical (unpaired) electrons. The Kier molecular flexibility index (Phi) is 5.25. The minimum atomic E-state index is 0.547. The number of nitrogens with zero attached hydrogens (tertiary/aromatic N) is 2. The summed E-state index contributed by atoms with van der Waals surface area (Å²) in [5.41, 5.74) is 10.1. The number of rotatable bonds is 3. The lowest BCUT2D eigenvalue weighted by Gasteiger charge is -2.10. The number of aromatic nitrogens is 2. The van der Waals surface area contributed by atoms with Crippen LogP contribution in [0.25, 0.3) is 99.2 Å². The predicted octanol–water partition coefficient (Wildman–Crippen LogP) is 11.6. The van der Waals surface area contributed by atoms with Crippen molar-refractivity contribution in [3.05, 3.63) is 146 Å². The van der Waals surface area contributed by atoms with Crippen LogP contribution in [0.3, 0.4) is 0 Å². The van der Waals surface area contributed by atoms with E-state index in [0.717, 1.165) is 82.7 Å². The van der Waals surface area contributed by atoms with Crippen molar-refractivity contribution in [3.8, 4) is 33.5 Å². The zero-order valence-electron chi connectivity index (χ0n) is 24.6. The van der Waals surface area contributed by atoms with Crippen molar-refractivity contribution in [3.63, 3.8) is 0 Å². The van der Waals surface area contributed by atoms with Gasteiger partial charge in [-0.3, -0.25) is 0 Å². The third-order valence-corrected chi connectivity index (χ3v) is 9.11. The van der Waals surface area contributed by atoms with Crippen LogP contribution in [0.15, 0.2) is 155 Å². The lowest BCUT2D eigenvalue weighted by molar-refractivity contribution is 0.653. The first-order valence-corrected chi connectivity index (χ1v) is 15.4. The van der Waals surface area contributed by atoms with Crippen LogP contribution >= 0.6 is 0 Å². The number of furan rings is 2. The SMILES string of the molecule is c1cc(-c2cccc(-c3cc4ccccc4c4c3oc3ccccc34)c2)cc(-c2cnc3oc4ccc5ccccc5c4c3n2)c1. The van der Waals surface area contributed by atoms with Crippen molar-refractivity contribution in [2.45, 2.75) is 0 Å². The lowest BCUT2D eigenvalue weighted by Crippen LogP contribution is -1.88. The Hall–Kier alpha value is -6.26. The molecule has 0 aliphatic carbocycles. The molecule has 0 saturated heterocycles. The van der Waals surface area contributed by atoms with E-state index in [-0.39, 0.29) is 0 Å². The van der Waals surface area contributed by atoms with E-state index >= 15 is 0 Å². The smallest absolute Gasteiger partial charge is 0.246 e. The van der Waals surface area contributed by atoms with Gasteiger partial charge in [0.1, 0.15) is 22.3 Å². The van der Waals surface area contributed by atoms with Crippen molar-refractivity contribution in [2.24, 2.45) is 0 Å². The lowest BCUT2D eigenvalue weighted by atomic mass is 9.94. The van der Waals surface area contributed by atoms with E-state index in [4.69, 9.17) is 13.8 Å². The highest BCUT2D eigenvalue weighted by Gasteiger charge is 2.17. The van der Waals surface area contributed by atoms with Gasteiger partial charge >= 0.3 is 0 Å². The third kappa shape index (κ3) is 3.74. The summed E-state index contributed by atoms with van der Waals surface area (Å²) in [6, 6.07) is 48.7. The van der Waals surface area contributed by atoms with Crippen LogP contribution < -0.4 is 0 Å². The summed E-state index contributed by atoms with van der Waals surface area (Å²) < 4.78 is 12.6. The van der Waals surface area contributed by atoms with E-state index < -0.39 is 0 Å². The fourth-order valence-electron chi connectivity index (χ4n) is 6.95. The Balaban J connectivity index is 1.11. The number of hydrogen-bond donors (Lipinski definition) is 0. The van der Waals surface area contributed by atoms with Gasteiger partial charge in [0.15, 0.2) is 0 Å². The average Bonchev–Trinajstić information content (AvgIpc) is 3.70. The van der Waals surface area contributed by atoms with Crippen LogP contribution in [0.4, 0.5) is 0 Å². The van der Waals surface area contributed by atoms with Gasteiger partial charge in [-0.25, -0.2) is 9.97 Å². The van der Waals surface area contributed by atoms with Crippen LogP contribution in [-0.2, 0) is 0 Å². The van der Waals surface area contributed by atoms with Crippen molar-refractivity contribution < 1.29 is 8.83 Å². The molecule has 0 bridgehead atoms. The fourth-order valence-corrected chi connectivity index (χ4v) is 6.95. The number of para-hydroxylation sites is 1. The monoisotopic (exact) mass is 588 g/mol. The topological polar surface area (TPSA) is 52.1 Å². The molecular weight excluding hydrogens is 564 g/mol. The summed E-state index contributed by atoms with van der Waals surface area (Å²) >= 11 is 0. The average molecular weight is 589 g/mol. The zero-order chi connectivity index (χ0) is 30.2. The second-order valence-electron chi connectivity index (χ2n) is 11.8. The van der Waals surface area contributed by atoms with Gasteiger partial charge in [0, 0.05) is 21.9 Å². The van der Waals surface area contributed by atoms with Crippen molar-refractivity contribution in [1.82, 2.24) is 9.97 Å². The molecule has 3 aromatic heterocycles. The van der Waals surface area contributed by atoms with Crippen LogP contribution in [-0.4, -0.2) is 9.97 Å². The second kappa shape index (κ2) is 9.62. The van der Waals surface area contributed by atoms with Gasteiger partial charge in [-0.05, 0) is 68.6 Å². The Labute approximate surface area is 263 Å². The van der Waals surface area contributed by atoms with Crippen molar-refractivity contribution in [2.75, 3.05) is 0 Å². The maximum absolute atomic E-state index is 6.53. The minimum Gasteiger partial charge on any atom is -0.455 e. The molecule has 4 heteroatoms. The summed E-state index contributed by atoms with van der Waals surface area (Å²) in [6.07, 6.45) is 1.80. The Morgan fingerprint density at radius 3 is 1.98 bits per heavy atom. The molecule has 0 amide bonds. The van der Waals surface area contributed by atoms with Crippen LogP contribution in [0.1, 0.15) is 0 Å². The molecule has 4 nitrogen and oxygen atoms in total. The summed E-state index contributed by atoms with van der Waals surface area (Å²) in [4.78, 5) is 9.79. The molecule has 0 aliphatic rings. The standard InChI is InChI=1S/C42H24N2O2/c1-3-15-31-25(9-1)19-20-37-39(31)40-42(46-37)43-24-35(44-40)30-14-8-12-27(22-30)26-11-7-13-28(21-26)34-23-29-10-2-4-16-32(29)38-33-17-5-6-18-36(33)45-41(34)38/h1-24H. The van der Waals surface area contributed by atoms with E-state index in [1.807, 2.05) is 30.3 Å². The van der Waals surface area contributed by atoms with Gasteiger partial charge in [-0.2, -0.15) is 0 Å². The fraction of sp³-hybridized carbons (Fsp3) is 0. The van der Waals surface area contributed by atoms with E-state index in [0.29, 0.717) is 5.71 Å². The van der Waals surface area contributed by atoms with E-state index in [1.54, 1.807) is 6.20 Å². The number of hydrogen-bond acceptors (Lipinski definition) is 4. The van der Waals surface area contributed by atoms with Crippen LogP contribution in [0.5, 0.6) is 0 Å². The molecule has 0 spiro atoms. The maximum Gasteiger partial charge on any atom is 0.246 e.